The van der Waals surface area contributed by atoms with Crippen LogP contribution in [0.1, 0.15) is 53.3 Å². The van der Waals surface area contributed by atoms with Crippen LogP contribution < -0.4 is 10.6 Å². The number of rotatable bonds is 4. The van der Waals surface area contributed by atoms with Crippen molar-refractivity contribution in [2.24, 2.45) is 5.92 Å². The van der Waals surface area contributed by atoms with Gasteiger partial charge in [0, 0.05) is 29.7 Å². The summed E-state index contributed by atoms with van der Waals surface area (Å²) in [5.41, 5.74) is 1.76. The smallest absolute Gasteiger partial charge is 0.257 e. The SMILES string of the molecule is CC1CCC(NC(=O)c2ccc(NC(=O)c3cccnc3)cc2)CC1. The largest absolute Gasteiger partial charge is 0.349 e. The van der Waals surface area contributed by atoms with Crippen LogP contribution in [0.15, 0.2) is 48.8 Å². The molecule has 1 aromatic heterocycles. The van der Waals surface area contributed by atoms with Crippen molar-refractivity contribution in [2.75, 3.05) is 5.32 Å². The molecule has 0 bridgehead atoms. The molecule has 5 heteroatoms. The Morgan fingerprint density at radius 3 is 2.32 bits per heavy atom. The predicted molar refractivity (Wildman–Crippen MR) is 97.5 cm³/mol. The molecule has 0 spiro atoms. The Morgan fingerprint density at radius 1 is 0.960 bits per heavy atom. The molecule has 3 rings (SSSR count). The van der Waals surface area contributed by atoms with Gasteiger partial charge in [0.25, 0.3) is 11.8 Å². The van der Waals surface area contributed by atoms with E-state index in [0.29, 0.717) is 16.8 Å². The van der Waals surface area contributed by atoms with Gasteiger partial charge < -0.3 is 10.6 Å². The maximum atomic E-state index is 12.3. The molecule has 2 aromatic rings. The third-order valence-corrected chi connectivity index (χ3v) is 4.68. The fraction of sp³-hybridized carbons (Fsp3) is 0.350. The fourth-order valence-electron chi connectivity index (χ4n) is 3.08. The number of hydrogen-bond donors (Lipinski definition) is 2. The van der Waals surface area contributed by atoms with Gasteiger partial charge in [-0.1, -0.05) is 6.92 Å². The summed E-state index contributed by atoms with van der Waals surface area (Å²) in [5.74, 6) is 0.488. The summed E-state index contributed by atoms with van der Waals surface area (Å²) in [4.78, 5) is 28.4. The number of carbonyl (C=O) groups excluding carboxylic acids is 2. The highest BCUT2D eigenvalue weighted by Gasteiger charge is 2.20. The Kier molecular flexibility index (Phi) is 5.43. The lowest BCUT2D eigenvalue weighted by atomic mass is 9.87. The minimum atomic E-state index is -0.221. The van der Waals surface area contributed by atoms with Crippen molar-refractivity contribution >= 4 is 17.5 Å². The first kappa shape index (κ1) is 17.1. The van der Waals surface area contributed by atoms with E-state index in [-0.39, 0.29) is 17.9 Å². The molecule has 1 aliphatic carbocycles. The van der Waals surface area contributed by atoms with Crippen molar-refractivity contribution in [3.8, 4) is 0 Å². The van der Waals surface area contributed by atoms with Crippen LogP contribution in [-0.2, 0) is 0 Å². The Hall–Kier alpha value is -2.69. The third kappa shape index (κ3) is 4.66. The van der Waals surface area contributed by atoms with Gasteiger partial charge in [0.05, 0.1) is 5.56 Å². The van der Waals surface area contributed by atoms with Gasteiger partial charge in [-0.3, -0.25) is 14.6 Å². The number of hydrogen-bond acceptors (Lipinski definition) is 3. The first-order chi connectivity index (χ1) is 12.1. The van der Waals surface area contributed by atoms with Crippen LogP contribution in [0.3, 0.4) is 0 Å². The molecule has 25 heavy (non-hydrogen) atoms. The van der Waals surface area contributed by atoms with Crippen molar-refractivity contribution in [1.82, 2.24) is 10.3 Å². The van der Waals surface area contributed by atoms with Crippen molar-refractivity contribution in [1.29, 1.82) is 0 Å². The highest BCUT2D eigenvalue weighted by atomic mass is 16.2. The Morgan fingerprint density at radius 2 is 1.68 bits per heavy atom. The summed E-state index contributed by atoms with van der Waals surface area (Å²) >= 11 is 0. The van der Waals surface area contributed by atoms with Crippen molar-refractivity contribution in [3.63, 3.8) is 0 Å². The van der Waals surface area contributed by atoms with E-state index in [0.717, 1.165) is 18.8 Å². The average molecular weight is 337 g/mol. The maximum absolute atomic E-state index is 12.3. The van der Waals surface area contributed by atoms with Gasteiger partial charge in [-0.15, -0.1) is 0 Å². The Balaban J connectivity index is 1.56. The highest BCUT2D eigenvalue weighted by molar-refractivity contribution is 6.04. The molecule has 0 saturated heterocycles. The van der Waals surface area contributed by atoms with E-state index < -0.39 is 0 Å². The van der Waals surface area contributed by atoms with Crippen LogP contribution in [0.4, 0.5) is 5.69 Å². The Labute approximate surface area is 147 Å². The van der Waals surface area contributed by atoms with E-state index in [1.54, 1.807) is 42.6 Å². The molecule has 1 saturated carbocycles. The molecular formula is C20H23N3O2. The molecule has 0 aliphatic heterocycles. The van der Waals surface area contributed by atoms with Gasteiger partial charge in [-0.25, -0.2) is 0 Å². The van der Waals surface area contributed by atoms with Crippen LogP contribution in [0.5, 0.6) is 0 Å². The van der Waals surface area contributed by atoms with Crippen LogP contribution in [0.25, 0.3) is 0 Å². The van der Waals surface area contributed by atoms with E-state index in [1.807, 2.05) is 0 Å². The van der Waals surface area contributed by atoms with Crippen molar-refractivity contribution in [2.45, 2.75) is 38.6 Å². The van der Waals surface area contributed by atoms with E-state index in [9.17, 15) is 9.59 Å². The van der Waals surface area contributed by atoms with Crippen LogP contribution >= 0.6 is 0 Å². The van der Waals surface area contributed by atoms with Gasteiger partial charge in [0.15, 0.2) is 0 Å². The zero-order valence-electron chi connectivity index (χ0n) is 14.4. The lowest BCUT2D eigenvalue weighted by molar-refractivity contribution is 0.0922. The second kappa shape index (κ2) is 7.92. The second-order valence-electron chi connectivity index (χ2n) is 6.70. The van der Waals surface area contributed by atoms with Crippen molar-refractivity contribution in [3.05, 3.63) is 59.9 Å². The number of anilines is 1. The molecule has 5 nitrogen and oxygen atoms in total. The summed E-state index contributed by atoms with van der Waals surface area (Å²) in [6.45, 7) is 2.26. The van der Waals surface area contributed by atoms with E-state index in [1.165, 1.54) is 19.0 Å². The fourth-order valence-corrected chi connectivity index (χ4v) is 3.08. The number of amides is 2. The first-order valence-electron chi connectivity index (χ1n) is 8.74. The maximum Gasteiger partial charge on any atom is 0.257 e. The highest BCUT2D eigenvalue weighted by Crippen LogP contribution is 2.23. The molecule has 0 unspecified atom stereocenters. The lowest BCUT2D eigenvalue weighted by Crippen LogP contribution is -2.37. The monoisotopic (exact) mass is 337 g/mol. The van der Waals surface area contributed by atoms with Crippen LogP contribution in [0.2, 0.25) is 0 Å². The normalized spacial score (nSPS) is 19.9. The average Bonchev–Trinajstić information content (AvgIpc) is 2.65. The molecule has 0 atom stereocenters. The lowest BCUT2D eigenvalue weighted by Gasteiger charge is -2.26. The van der Waals surface area contributed by atoms with Crippen LogP contribution in [-0.4, -0.2) is 22.8 Å². The van der Waals surface area contributed by atoms with Gasteiger partial charge in [-0.2, -0.15) is 0 Å². The summed E-state index contributed by atoms with van der Waals surface area (Å²) < 4.78 is 0. The second-order valence-corrected chi connectivity index (χ2v) is 6.70. The number of nitrogens with one attached hydrogen (secondary N) is 2. The summed E-state index contributed by atoms with van der Waals surface area (Å²) in [5, 5.41) is 5.91. The minimum absolute atomic E-state index is 0.0512. The zero-order valence-corrected chi connectivity index (χ0v) is 14.4. The Bertz CT molecular complexity index is 720. The summed E-state index contributed by atoms with van der Waals surface area (Å²) in [6, 6.07) is 10.6. The van der Waals surface area contributed by atoms with E-state index >= 15 is 0 Å². The van der Waals surface area contributed by atoms with Gasteiger partial charge >= 0.3 is 0 Å². The predicted octanol–water partition coefficient (Wildman–Crippen LogP) is 3.64. The standard InChI is InChI=1S/C20H23N3O2/c1-14-4-8-17(9-5-14)22-19(24)15-6-10-18(11-7-15)23-20(25)16-3-2-12-21-13-16/h2-3,6-7,10-14,17H,4-5,8-9H2,1H3,(H,22,24)(H,23,25). The quantitative estimate of drug-likeness (QED) is 0.895. The molecule has 1 heterocycles. The van der Waals surface area contributed by atoms with Gasteiger partial charge in [-0.05, 0) is 68.0 Å². The summed E-state index contributed by atoms with van der Waals surface area (Å²) in [7, 11) is 0. The molecule has 1 fully saturated rings. The molecule has 1 aliphatic rings. The first-order valence-corrected chi connectivity index (χ1v) is 8.74. The van der Waals surface area contributed by atoms with Gasteiger partial charge in [0.1, 0.15) is 0 Å². The summed E-state index contributed by atoms with van der Waals surface area (Å²) in [6.07, 6.45) is 7.58. The van der Waals surface area contributed by atoms with Crippen molar-refractivity contribution < 1.29 is 9.59 Å². The number of benzene rings is 1. The van der Waals surface area contributed by atoms with Gasteiger partial charge in [0.2, 0.25) is 0 Å². The number of nitrogens with zero attached hydrogens (tertiary/aromatic N) is 1. The number of carbonyl (C=O) groups is 2. The minimum Gasteiger partial charge on any atom is -0.349 e. The molecule has 2 N–H and O–H groups in total. The zero-order chi connectivity index (χ0) is 17.6. The number of aromatic nitrogens is 1. The number of pyridine rings is 1. The van der Waals surface area contributed by atoms with E-state index in [2.05, 4.69) is 22.5 Å². The van der Waals surface area contributed by atoms with Crippen LogP contribution in [0, 0.1) is 5.92 Å². The topological polar surface area (TPSA) is 71.1 Å². The molecule has 0 radical (unpaired) electrons. The molecular weight excluding hydrogens is 314 g/mol. The molecule has 1 aromatic carbocycles. The molecule has 130 valence electrons. The molecule has 2 amide bonds. The van der Waals surface area contributed by atoms with E-state index in [4.69, 9.17) is 0 Å². The third-order valence-electron chi connectivity index (χ3n) is 4.68.